The Bertz CT molecular complexity index is 1020. The largest absolute Gasteiger partial charge is 0.508 e. The molecule has 2 N–H and O–H groups in total. The molecule has 1 amide bonds. The zero-order valence-corrected chi connectivity index (χ0v) is 18.1. The first-order chi connectivity index (χ1) is 14.9. The number of nitrogens with zero attached hydrogens (tertiary/aromatic N) is 1. The summed E-state index contributed by atoms with van der Waals surface area (Å²) in [6, 6.07) is 10.1. The van der Waals surface area contributed by atoms with E-state index in [9.17, 15) is 19.8 Å². The zero-order chi connectivity index (χ0) is 22.5. The Hall–Kier alpha value is -3.03. The predicted octanol–water partition coefficient (Wildman–Crippen LogP) is 3.90. The Morgan fingerprint density at radius 3 is 2.65 bits per heavy atom. The van der Waals surface area contributed by atoms with Crippen LogP contribution in [0.15, 0.2) is 48.0 Å². The monoisotopic (exact) mass is 445 g/mol. The van der Waals surface area contributed by atoms with Crippen LogP contribution in [-0.2, 0) is 14.3 Å². The third-order valence-electron chi connectivity index (χ3n) is 4.98. The van der Waals surface area contributed by atoms with Crippen molar-refractivity contribution >= 4 is 29.1 Å². The van der Waals surface area contributed by atoms with Gasteiger partial charge in [-0.2, -0.15) is 0 Å². The quantitative estimate of drug-likeness (QED) is 0.277. The van der Waals surface area contributed by atoms with Crippen LogP contribution in [0.5, 0.6) is 11.5 Å². The van der Waals surface area contributed by atoms with Gasteiger partial charge in [-0.1, -0.05) is 23.7 Å². The maximum absolute atomic E-state index is 12.9. The molecule has 0 radical (unpaired) electrons. The number of aliphatic hydroxyl groups excluding tert-OH is 1. The lowest BCUT2D eigenvalue weighted by Gasteiger charge is -2.25. The summed E-state index contributed by atoms with van der Waals surface area (Å²) in [4.78, 5) is 27.2. The molecule has 8 heteroatoms. The minimum absolute atomic E-state index is 0.00916. The molecule has 3 rings (SSSR count). The second kappa shape index (κ2) is 9.85. The summed E-state index contributed by atoms with van der Waals surface area (Å²) in [6.07, 6.45) is 0.508. The van der Waals surface area contributed by atoms with Crippen molar-refractivity contribution in [2.45, 2.75) is 19.4 Å². The van der Waals surface area contributed by atoms with Gasteiger partial charge in [0.15, 0.2) is 0 Å². The summed E-state index contributed by atoms with van der Waals surface area (Å²) >= 11 is 6.14. The average Bonchev–Trinajstić information content (AvgIpc) is 3.00. The van der Waals surface area contributed by atoms with Crippen molar-refractivity contribution in [3.63, 3.8) is 0 Å². The number of ether oxygens (including phenoxy) is 2. The molecule has 1 heterocycles. The van der Waals surface area contributed by atoms with Crippen LogP contribution in [0.25, 0.3) is 5.76 Å². The van der Waals surface area contributed by atoms with E-state index in [1.807, 2.05) is 0 Å². The van der Waals surface area contributed by atoms with E-state index < -0.39 is 17.7 Å². The highest BCUT2D eigenvalue weighted by molar-refractivity contribution is 6.46. The normalized spacial score (nSPS) is 17.9. The molecule has 0 spiro atoms. The molecule has 1 fully saturated rings. The highest BCUT2D eigenvalue weighted by Crippen LogP contribution is 2.41. The Labute approximate surface area is 185 Å². The molecule has 31 heavy (non-hydrogen) atoms. The molecule has 0 aliphatic carbocycles. The molecular formula is C23H24ClNO6. The number of amides is 1. The third-order valence-corrected chi connectivity index (χ3v) is 5.29. The van der Waals surface area contributed by atoms with E-state index in [2.05, 4.69) is 0 Å². The van der Waals surface area contributed by atoms with Gasteiger partial charge in [-0.25, -0.2) is 0 Å². The maximum Gasteiger partial charge on any atom is 0.295 e. The SMILES string of the molecule is CCOc1cc(/C(O)=C2/C(=O)C(=O)N(CCCOC)C2c2cccc(O)c2)ccc1Cl. The Morgan fingerprint density at radius 2 is 1.97 bits per heavy atom. The lowest BCUT2D eigenvalue weighted by Crippen LogP contribution is -2.31. The molecule has 0 saturated carbocycles. The van der Waals surface area contributed by atoms with Crippen molar-refractivity contribution in [1.29, 1.82) is 0 Å². The summed E-state index contributed by atoms with van der Waals surface area (Å²) in [5.41, 5.74) is 0.753. The van der Waals surface area contributed by atoms with Crippen LogP contribution in [-0.4, -0.2) is 53.7 Å². The molecule has 0 bridgehead atoms. The molecule has 1 saturated heterocycles. The van der Waals surface area contributed by atoms with E-state index >= 15 is 0 Å². The number of rotatable bonds is 8. The van der Waals surface area contributed by atoms with Crippen molar-refractivity contribution < 1.29 is 29.3 Å². The van der Waals surface area contributed by atoms with Crippen LogP contribution in [0, 0.1) is 0 Å². The van der Waals surface area contributed by atoms with Gasteiger partial charge in [-0.15, -0.1) is 0 Å². The number of Topliss-reactive ketones (excluding diaryl/α,β-unsaturated/α-hetero) is 1. The minimum atomic E-state index is -0.852. The number of halogens is 1. The molecule has 1 atom stereocenters. The van der Waals surface area contributed by atoms with Gasteiger partial charge in [0, 0.05) is 25.8 Å². The molecule has 1 aliphatic heterocycles. The van der Waals surface area contributed by atoms with Crippen LogP contribution in [0.2, 0.25) is 5.02 Å². The van der Waals surface area contributed by atoms with Gasteiger partial charge in [0.25, 0.3) is 11.7 Å². The van der Waals surface area contributed by atoms with Crippen molar-refractivity contribution in [3.05, 3.63) is 64.2 Å². The third kappa shape index (κ3) is 4.68. The second-order valence-electron chi connectivity index (χ2n) is 7.01. The average molecular weight is 446 g/mol. The Morgan fingerprint density at radius 1 is 1.19 bits per heavy atom. The smallest absolute Gasteiger partial charge is 0.295 e. The fourth-order valence-electron chi connectivity index (χ4n) is 3.60. The summed E-state index contributed by atoms with van der Waals surface area (Å²) in [5.74, 6) is -1.50. The van der Waals surface area contributed by atoms with Gasteiger partial charge in [0.2, 0.25) is 0 Å². The molecule has 7 nitrogen and oxygen atoms in total. The summed E-state index contributed by atoms with van der Waals surface area (Å²) < 4.78 is 10.5. The number of phenols is 1. The van der Waals surface area contributed by atoms with E-state index in [1.54, 1.807) is 38.3 Å². The number of carbonyl (C=O) groups excluding carboxylic acids is 2. The topological polar surface area (TPSA) is 96.3 Å². The van der Waals surface area contributed by atoms with E-state index in [-0.39, 0.29) is 23.6 Å². The van der Waals surface area contributed by atoms with Crippen LogP contribution >= 0.6 is 11.6 Å². The summed E-state index contributed by atoms with van der Waals surface area (Å²) in [5, 5.41) is 21.4. The van der Waals surface area contributed by atoms with Gasteiger partial charge >= 0.3 is 0 Å². The van der Waals surface area contributed by atoms with Gasteiger partial charge in [0.1, 0.15) is 17.3 Å². The number of aliphatic hydroxyl groups is 1. The highest BCUT2D eigenvalue weighted by Gasteiger charge is 2.45. The van der Waals surface area contributed by atoms with Gasteiger partial charge < -0.3 is 24.6 Å². The minimum Gasteiger partial charge on any atom is -0.508 e. The van der Waals surface area contributed by atoms with Crippen LogP contribution in [0.1, 0.15) is 30.5 Å². The Balaban J connectivity index is 2.14. The molecular weight excluding hydrogens is 422 g/mol. The first kappa shape index (κ1) is 22.7. The summed E-state index contributed by atoms with van der Waals surface area (Å²) in [7, 11) is 1.55. The van der Waals surface area contributed by atoms with Crippen molar-refractivity contribution in [2.24, 2.45) is 0 Å². The lowest BCUT2D eigenvalue weighted by molar-refractivity contribution is -0.140. The summed E-state index contributed by atoms with van der Waals surface area (Å²) in [6.45, 7) is 2.83. The standard InChI is InChI=1S/C23H24ClNO6/c1-3-31-18-13-15(8-9-17(18)24)21(27)19-20(14-6-4-7-16(26)12-14)25(10-5-11-30-2)23(29)22(19)28/h4,6-9,12-13,20,26-27H,3,5,10-11H2,1-2H3/b21-19-. The number of hydrogen-bond donors (Lipinski definition) is 2. The van der Waals surface area contributed by atoms with Gasteiger partial charge in [0.05, 0.1) is 23.2 Å². The number of likely N-dealkylation sites (tertiary alicyclic amines) is 1. The molecule has 2 aromatic carbocycles. The molecule has 2 aromatic rings. The first-order valence-corrected chi connectivity index (χ1v) is 10.3. The van der Waals surface area contributed by atoms with Crippen molar-refractivity contribution in [3.8, 4) is 11.5 Å². The van der Waals surface area contributed by atoms with E-state index in [0.717, 1.165) is 0 Å². The van der Waals surface area contributed by atoms with Gasteiger partial charge in [-0.05, 0) is 49.2 Å². The van der Waals surface area contributed by atoms with Gasteiger partial charge in [-0.3, -0.25) is 9.59 Å². The van der Waals surface area contributed by atoms with Crippen LogP contribution in [0.4, 0.5) is 0 Å². The maximum atomic E-state index is 12.9. The molecule has 1 aliphatic rings. The number of aromatic hydroxyl groups is 1. The zero-order valence-electron chi connectivity index (χ0n) is 17.3. The number of hydrogen-bond acceptors (Lipinski definition) is 6. The Kier molecular flexibility index (Phi) is 7.20. The fourth-order valence-corrected chi connectivity index (χ4v) is 3.78. The highest BCUT2D eigenvalue weighted by atomic mass is 35.5. The fraction of sp³-hybridized carbons (Fsp3) is 0.304. The number of ketones is 1. The van der Waals surface area contributed by atoms with Crippen LogP contribution in [0.3, 0.4) is 0 Å². The first-order valence-electron chi connectivity index (χ1n) is 9.88. The second-order valence-corrected chi connectivity index (χ2v) is 7.42. The number of phenolic OH excluding ortho intramolecular Hbond substituents is 1. The number of benzene rings is 2. The molecule has 164 valence electrons. The van der Waals surface area contributed by atoms with Crippen molar-refractivity contribution in [1.82, 2.24) is 4.90 Å². The number of carbonyl (C=O) groups is 2. The lowest BCUT2D eigenvalue weighted by atomic mass is 9.95. The van der Waals surface area contributed by atoms with Crippen molar-refractivity contribution in [2.75, 3.05) is 26.9 Å². The van der Waals surface area contributed by atoms with E-state index in [0.29, 0.717) is 41.5 Å². The van der Waals surface area contributed by atoms with E-state index in [4.69, 9.17) is 21.1 Å². The molecule has 0 aromatic heterocycles. The van der Waals surface area contributed by atoms with Crippen LogP contribution < -0.4 is 4.74 Å². The predicted molar refractivity (Wildman–Crippen MR) is 116 cm³/mol. The van der Waals surface area contributed by atoms with E-state index in [1.165, 1.54) is 23.1 Å². The molecule has 1 unspecified atom stereocenters. The number of methoxy groups -OCH3 is 1.